The minimum Gasteiger partial charge on any atom is -0.375 e. The zero-order valence-corrected chi connectivity index (χ0v) is 15.7. The van der Waals surface area contributed by atoms with E-state index in [0.717, 1.165) is 12.8 Å². The van der Waals surface area contributed by atoms with E-state index in [0.29, 0.717) is 18.1 Å². The van der Waals surface area contributed by atoms with Crippen molar-refractivity contribution in [3.63, 3.8) is 0 Å². The molecule has 2 heterocycles. The van der Waals surface area contributed by atoms with Crippen LogP contribution in [0.15, 0.2) is 25.3 Å². The molecule has 1 saturated carbocycles. The summed E-state index contributed by atoms with van der Waals surface area (Å²) in [7, 11) is 1.52. The largest absolute Gasteiger partial charge is 0.375 e. The average molecular weight is 384 g/mol. The van der Waals surface area contributed by atoms with Crippen LogP contribution in [-0.2, 0) is 9.53 Å². The van der Waals surface area contributed by atoms with Gasteiger partial charge < -0.3 is 10.1 Å². The van der Waals surface area contributed by atoms with Crippen LogP contribution in [0.5, 0.6) is 0 Å². The number of hydrogen-bond donors (Lipinski definition) is 1. The molecular weight excluding hydrogens is 346 g/mol. The standard InChI is InChI=1S/C6H11NO2.2C5H9N3.2CH4/c1-9-4-6(8)7-5-2-3-5;2*1-5(2)8-4-6-3-7-8;;/h5H,2-4H2,1H3,(H,7,8);2*3-5H,1-2H3;2*1H4. The third kappa shape index (κ3) is 12.7. The molecule has 27 heavy (non-hydrogen) atoms. The first-order valence-electron chi connectivity index (χ1n) is 8.40. The molecule has 3 rings (SSSR count). The Balaban J connectivity index is 0. The van der Waals surface area contributed by atoms with Gasteiger partial charge in [-0.2, -0.15) is 10.2 Å². The number of ether oxygens (including phenoxy) is 1. The molecule has 0 spiro atoms. The molecule has 1 fully saturated rings. The SMILES string of the molecule is C.C.CC(C)n1cncn1.CC(C)n1cncn1.COCC(=O)NC1CC1. The van der Waals surface area contributed by atoms with E-state index >= 15 is 0 Å². The summed E-state index contributed by atoms with van der Waals surface area (Å²) in [5.41, 5.74) is 0. The summed E-state index contributed by atoms with van der Waals surface area (Å²) in [6.45, 7) is 8.45. The fourth-order valence-corrected chi connectivity index (χ4v) is 1.60. The molecule has 9 heteroatoms. The monoisotopic (exact) mass is 383 g/mol. The van der Waals surface area contributed by atoms with Gasteiger partial charge in [-0.1, -0.05) is 14.9 Å². The van der Waals surface area contributed by atoms with Crippen molar-refractivity contribution in [2.45, 2.75) is 73.5 Å². The Morgan fingerprint density at radius 2 is 1.48 bits per heavy atom. The zero-order chi connectivity index (χ0) is 18.7. The minimum atomic E-state index is 0. The summed E-state index contributed by atoms with van der Waals surface area (Å²) in [6, 6.07) is 1.31. The Kier molecular flexibility index (Phi) is 14.8. The zero-order valence-electron chi connectivity index (χ0n) is 15.7. The Morgan fingerprint density at radius 3 is 1.70 bits per heavy atom. The number of amides is 1. The molecule has 156 valence electrons. The highest BCUT2D eigenvalue weighted by atomic mass is 16.5. The number of hydrogen-bond acceptors (Lipinski definition) is 6. The molecule has 1 N–H and O–H groups in total. The van der Waals surface area contributed by atoms with Crippen LogP contribution in [-0.4, -0.2) is 55.2 Å². The maximum absolute atomic E-state index is 10.7. The van der Waals surface area contributed by atoms with Gasteiger partial charge in [0.2, 0.25) is 5.91 Å². The van der Waals surface area contributed by atoms with Crippen LogP contribution in [0, 0.1) is 0 Å². The van der Waals surface area contributed by atoms with Gasteiger partial charge in [0, 0.05) is 25.2 Å². The van der Waals surface area contributed by atoms with Crippen molar-refractivity contribution in [1.82, 2.24) is 34.8 Å². The van der Waals surface area contributed by atoms with E-state index in [1.165, 1.54) is 7.11 Å². The molecule has 0 bridgehead atoms. The van der Waals surface area contributed by atoms with Gasteiger partial charge in [0.15, 0.2) is 0 Å². The van der Waals surface area contributed by atoms with Crippen LogP contribution < -0.4 is 5.32 Å². The maximum atomic E-state index is 10.7. The van der Waals surface area contributed by atoms with Crippen molar-refractivity contribution in [2.75, 3.05) is 13.7 Å². The van der Waals surface area contributed by atoms with Crippen molar-refractivity contribution < 1.29 is 9.53 Å². The van der Waals surface area contributed by atoms with Gasteiger partial charge in [-0.3, -0.25) is 14.2 Å². The number of nitrogens with one attached hydrogen (secondary N) is 1. The smallest absolute Gasteiger partial charge is 0.246 e. The number of rotatable bonds is 5. The lowest BCUT2D eigenvalue weighted by molar-refractivity contribution is -0.124. The Morgan fingerprint density at radius 1 is 1.04 bits per heavy atom. The van der Waals surface area contributed by atoms with E-state index in [1.807, 2.05) is 0 Å². The topological polar surface area (TPSA) is 99.8 Å². The second-order valence-corrected chi connectivity index (χ2v) is 6.21. The van der Waals surface area contributed by atoms with Gasteiger partial charge in [0.25, 0.3) is 0 Å². The van der Waals surface area contributed by atoms with Crippen molar-refractivity contribution >= 4 is 5.91 Å². The number of nitrogens with zero attached hydrogens (tertiary/aromatic N) is 6. The van der Waals surface area contributed by atoms with Crippen LogP contribution in [0.25, 0.3) is 0 Å². The highest BCUT2D eigenvalue weighted by molar-refractivity contribution is 5.77. The first-order valence-corrected chi connectivity index (χ1v) is 8.40. The van der Waals surface area contributed by atoms with E-state index in [2.05, 4.69) is 57.9 Å². The molecule has 0 atom stereocenters. The lowest BCUT2D eigenvalue weighted by atomic mass is 10.4. The molecule has 0 aliphatic heterocycles. The lowest BCUT2D eigenvalue weighted by Gasteiger charge is -2.00. The van der Waals surface area contributed by atoms with Gasteiger partial charge in [0.05, 0.1) is 0 Å². The number of carbonyl (C=O) groups excluding carboxylic acids is 1. The molecule has 2 aromatic heterocycles. The highest BCUT2D eigenvalue weighted by Gasteiger charge is 2.22. The van der Waals surface area contributed by atoms with E-state index in [-0.39, 0.29) is 27.4 Å². The van der Waals surface area contributed by atoms with Crippen LogP contribution in [0.1, 0.15) is 67.5 Å². The molecule has 1 aliphatic carbocycles. The summed E-state index contributed by atoms with van der Waals surface area (Å²) < 4.78 is 8.23. The van der Waals surface area contributed by atoms with Crippen LogP contribution in [0.3, 0.4) is 0 Å². The summed E-state index contributed by atoms with van der Waals surface area (Å²) >= 11 is 0. The number of methoxy groups -OCH3 is 1. The van der Waals surface area contributed by atoms with E-state index < -0.39 is 0 Å². The first kappa shape index (κ1) is 26.9. The van der Waals surface area contributed by atoms with Gasteiger partial charge in [-0.05, 0) is 40.5 Å². The molecule has 1 amide bonds. The number of aromatic nitrogens is 6. The van der Waals surface area contributed by atoms with Crippen molar-refractivity contribution in [1.29, 1.82) is 0 Å². The second-order valence-electron chi connectivity index (χ2n) is 6.21. The van der Waals surface area contributed by atoms with Crippen LogP contribution in [0.4, 0.5) is 0 Å². The van der Waals surface area contributed by atoms with Crippen molar-refractivity contribution in [3.8, 4) is 0 Å². The van der Waals surface area contributed by atoms with Crippen molar-refractivity contribution in [3.05, 3.63) is 25.3 Å². The average Bonchev–Trinajstić information content (AvgIpc) is 3.07. The lowest BCUT2D eigenvalue weighted by Crippen LogP contribution is -2.28. The first-order chi connectivity index (χ1) is 11.9. The molecule has 2 aromatic rings. The molecule has 0 radical (unpaired) electrons. The maximum Gasteiger partial charge on any atom is 0.246 e. The van der Waals surface area contributed by atoms with E-state index in [9.17, 15) is 4.79 Å². The van der Waals surface area contributed by atoms with Crippen molar-refractivity contribution in [2.24, 2.45) is 0 Å². The third-order valence-corrected chi connectivity index (χ3v) is 3.15. The minimum absolute atomic E-state index is 0. The van der Waals surface area contributed by atoms with Crippen LogP contribution >= 0.6 is 0 Å². The molecule has 0 unspecified atom stereocenters. The molecular formula is C18H37N7O2. The van der Waals surface area contributed by atoms with Crippen LogP contribution in [0.2, 0.25) is 0 Å². The molecule has 1 aliphatic rings. The third-order valence-electron chi connectivity index (χ3n) is 3.15. The van der Waals surface area contributed by atoms with Gasteiger partial charge in [-0.15, -0.1) is 0 Å². The summed E-state index contributed by atoms with van der Waals surface area (Å²) in [4.78, 5) is 18.2. The molecule has 9 nitrogen and oxygen atoms in total. The molecule has 0 aromatic carbocycles. The van der Waals surface area contributed by atoms with E-state index in [1.54, 1.807) is 34.7 Å². The summed E-state index contributed by atoms with van der Waals surface area (Å²) in [6.07, 6.45) is 8.78. The van der Waals surface area contributed by atoms with Gasteiger partial charge in [0.1, 0.15) is 31.9 Å². The fourth-order valence-electron chi connectivity index (χ4n) is 1.60. The predicted octanol–water partition coefficient (Wildman–Crippen LogP) is 2.90. The molecule has 0 saturated heterocycles. The second kappa shape index (κ2) is 14.8. The normalized spacial score (nSPS) is 12.0. The van der Waals surface area contributed by atoms with Gasteiger partial charge in [-0.25, -0.2) is 9.97 Å². The summed E-state index contributed by atoms with van der Waals surface area (Å²) in [5.74, 6) is 0.000000000000000222. The highest BCUT2D eigenvalue weighted by Crippen LogP contribution is 2.18. The Bertz CT molecular complexity index is 526. The fraction of sp³-hybridized carbons (Fsp3) is 0.722. The predicted molar refractivity (Wildman–Crippen MR) is 107 cm³/mol. The number of carbonyl (C=O) groups is 1. The van der Waals surface area contributed by atoms with Gasteiger partial charge >= 0.3 is 0 Å². The summed E-state index contributed by atoms with van der Waals surface area (Å²) in [5, 5.41) is 10.6. The van der Waals surface area contributed by atoms with E-state index in [4.69, 9.17) is 0 Å². The Labute approximate surface area is 163 Å². The quantitative estimate of drug-likeness (QED) is 0.852. The Hall–Kier alpha value is -2.29.